The van der Waals surface area contributed by atoms with Crippen molar-refractivity contribution in [3.63, 3.8) is 0 Å². The van der Waals surface area contributed by atoms with E-state index in [1.807, 2.05) is 18.2 Å². The Kier molecular flexibility index (Phi) is 5.03. The van der Waals surface area contributed by atoms with Gasteiger partial charge in [0.15, 0.2) is 0 Å². The van der Waals surface area contributed by atoms with Gasteiger partial charge in [-0.05, 0) is 48.4 Å². The van der Waals surface area contributed by atoms with Crippen molar-refractivity contribution >= 4 is 39.9 Å². The van der Waals surface area contributed by atoms with E-state index in [-0.39, 0.29) is 5.91 Å². The van der Waals surface area contributed by atoms with Crippen molar-refractivity contribution in [3.05, 3.63) is 56.9 Å². The molecule has 3 rings (SSSR count). The highest BCUT2D eigenvalue weighted by atomic mass is 35.5. The molecule has 0 saturated heterocycles. The Balaban J connectivity index is 1.78. The van der Waals surface area contributed by atoms with Gasteiger partial charge in [0, 0.05) is 16.0 Å². The van der Waals surface area contributed by atoms with E-state index in [1.165, 1.54) is 22.3 Å². The Morgan fingerprint density at radius 2 is 2.25 bits per heavy atom. The van der Waals surface area contributed by atoms with Crippen LogP contribution in [0.25, 0.3) is 6.08 Å². The van der Waals surface area contributed by atoms with Crippen LogP contribution in [0, 0.1) is 17.2 Å². The first-order valence-corrected chi connectivity index (χ1v) is 9.06. The molecule has 3 nitrogen and oxygen atoms in total. The largest absolute Gasteiger partial charge is 0.313 e. The number of hydrogen-bond donors (Lipinski definition) is 1. The number of nitriles is 1. The van der Waals surface area contributed by atoms with E-state index in [0.717, 1.165) is 30.4 Å². The molecule has 1 unspecified atom stereocenters. The minimum Gasteiger partial charge on any atom is -0.313 e. The van der Waals surface area contributed by atoms with Crippen LogP contribution < -0.4 is 5.32 Å². The Hall–Kier alpha value is -2.09. The molecule has 0 aliphatic heterocycles. The molecule has 1 aromatic carbocycles. The van der Waals surface area contributed by atoms with Crippen molar-refractivity contribution in [3.8, 4) is 6.07 Å². The van der Waals surface area contributed by atoms with Gasteiger partial charge in [0.25, 0.3) is 0 Å². The fourth-order valence-corrected chi connectivity index (χ4v) is 4.45. The maximum Gasteiger partial charge on any atom is 0.249 e. The lowest BCUT2D eigenvalue weighted by Gasteiger charge is -2.17. The molecule has 0 radical (unpaired) electrons. The number of anilines is 1. The number of nitrogens with zero attached hydrogens (tertiary/aromatic N) is 1. The zero-order chi connectivity index (χ0) is 17.1. The van der Waals surface area contributed by atoms with Gasteiger partial charge in [-0.3, -0.25) is 4.79 Å². The van der Waals surface area contributed by atoms with Gasteiger partial charge in [0.2, 0.25) is 5.91 Å². The lowest BCUT2D eigenvalue weighted by molar-refractivity contribution is -0.111. The third-order valence-electron chi connectivity index (χ3n) is 4.18. The normalized spacial score (nSPS) is 16.6. The van der Waals surface area contributed by atoms with E-state index in [9.17, 15) is 10.1 Å². The summed E-state index contributed by atoms with van der Waals surface area (Å²) in [6, 6.07) is 9.59. The van der Waals surface area contributed by atoms with Gasteiger partial charge in [-0.25, -0.2) is 0 Å². The molecule has 2 aromatic rings. The van der Waals surface area contributed by atoms with E-state index < -0.39 is 0 Å². The van der Waals surface area contributed by atoms with Crippen molar-refractivity contribution in [2.45, 2.75) is 26.2 Å². The highest BCUT2D eigenvalue weighted by Crippen LogP contribution is 2.39. The number of fused-ring (bicyclic) bond motifs is 1. The van der Waals surface area contributed by atoms with Crippen LogP contribution in [0.1, 0.15) is 34.9 Å². The number of hydrogen-bond acceptors (Lipinski definition) is 3. The first-order chi connectivity index (χ1) is 11.6. The maximum atomic E-state index is 12.2. The molecule has 1 aromatic heterocycles. The number of rotatable bonds is 3. The maximum absolute atomic E-state index is 12.2. The Morgan fingerprint density at radius 1 is 1.46 bits per heavy atom. The van der Waals surface area contributed by atoms with Crippen LogP contribution in [0.4, 0.5) is 5.00 Å². The third kappa shape index (κ3) is 3.53. The number of carbonyl (C=O) groups excluding carboxylic acids is 1. The van der Waals surface area contributed by atoms with E-state index in [2.05, 4.69) is 18.3 Å². The van der Waals surface area contributed by atoms with Crippen molar-refractivity contribution in [2.24, 2.45) is 5.92 Å². The molecule has 1 heterocycles. The number of benzene rings is 1. The second kappa shape index (κ2) is 7.21. The summed E-state index contributed by atoms with van der Waals surface area (Å²) in [5, 5.41) is 13.6. The van der Waals surface area contributed by atoms with Gasteiger partial charge in [0.1, 0.15) is 11.1 Å². The predicted octanol–water partition coefficient (Wildman–Crippen LogP) is 5.05. The van der Waals surface area contributed by atoms with Crippen molar-refractivity contribution in [1.29, 1.82) is 5.26 Å². The number of nitrogens with one attached hydrogen (secondary N) is 1. The first kappa shape index (κ1) is 16.8. The van der Waals surface area contributed by atoms with Gasteiger partial charge in [0.05, 0.1) is 5.56 Å². The Morgan fingerprint density at radius 3 is 3.00 bits per heavy atom. The smallest absolute Gasteiger partial charge is 0.249 e. The van der Waals surface area contributed by atoms with Crippen LogP contribution >= 0.6 is 22.9 Å². The highest BCUT2D eigenvalue weighted by Gasteiger charge is 2.24. The van der Waals surface area contributed by atoms with Crippen molar-refractivity contribution in [2.75, 3.05) is 5.32 Å². The average molecular weight is 357 g/mol. The second-order valence-corrected chi connectivity index (χ2v) is 7.52. The van der Waals surface area contributed by atoms with Crippen LogP contribution in [0.5, 0.6) is 0 Å². The quantitative estimate of drug-likeness (QED) is 0.782. The molecule has 0 saturated carbocycles. The van der Waals surface area contributed by atoms with Crippen LogP contribution in [-0.4, -0.2) is 5.91 Å². The topological polar surface area (TPSA) is 52.9 Å². The summed E-state index contributed by atoms with van der Waals surface area (Å²) < 4.78 is 0. The molecular weight excluding hydrogens is 340 g/mol. The lowest BCUT2D eigenvalue weighted by Crippen LogP contribution is -2.10. The highest BCUT2D eigenvalue weighted by molar-refractivity contribution is 7.16. The molecule has 1 N–H and O–H groups in total. The zero-order valence-corrected chi connectivity index (χ0v) is 14.9. The zero-order valence-electron chi connectivity index (χ0n) is 13.3. The van der Waals surface area contributed by atoms with E-state index in [4.69, 9.17) is 11.6 Å². The van der Waals surface area contributed by atoms with Crippen LogP contribution in [0.15, 0.2) is 30.3 Å². The lowest BCUT2D eigenvalue weighted by atomic mass is 9.89. The van der Waals surface area contributed by atoms with Crippen LogP contribution in [0.3, 0.4) is 0 Å². The molecule has 5 heteroatoms. The summed E-state index contributed by atoms with van der Waals surface area (Å²) >= 11 is 7.60. The second-order valence-electron chi connectivity index (χ2n) is 6.01. The van der Waals surface area contributed by atoms with Gasteiger partial charge < -0.3 is 5.32 Å². The van der Waals surface area contributed by atoms with Crippen molar-refractivity contribution < 1.29 is 4.79 Å². The van der Waals surface area contributed by atoms with Gasteiger partial charge in [-0.2, -0.15) is 5.26 Å². The minimum absolute atomic E-state index is 0.252. The van der Waals surface area contributed by atoms with E-state index in [1.54, 1.807) is 12.1 Å². The van der Waals surface area contributed by atoms with E-state index in [0.29, 0.717) is 21.5 Å². The fourth-order valence-electron chi connectivity index (χ4n) is 2.89. The summed E-state index contributed by atoms with van der Waals surface area (Å²) in [5.41, 5.74) is 2.53. The predicted molar refractivity (Wildman–Crippen MR) is 99.3 cm³/mol. The number of amides is 1. The first-order valence-electron chi connectivity index (χ1n) is 7.86. The SMILES string of the molecule is CC1CCc2c(sc(NC(=O)C=Cc3ccccc3Cl)c2C#N)C1. The van der Waals surface area contributed by atoms with Crippen LogP contribution in [0.2, 0.25) is 5.02 Å². The summed E-state index contributed by atoms with van der Waals surface area (Å²) in [7, 11) is 0. The number of carbonyl (C=O) groups is 1. The third-order valence-corrected chi connectivity index (χ3v) is 5.69. The Labute approximate surface area is 150 Å². The van der Waals surface area contributed by atoms with Crippen LogP contribution in [-0.2, 0) is 17.6 Å². The average Bonchev–Trinajstić information content (AvgIpc) is 2.90. The molecule has 24 heavy (non-hydrogen) atoms. The van der Waals surface area contributed by atoms with Gasteiger partial charge >= 0.3 is 0 Å². The molecule has 122 valence electrons. The standard InChI is InChI=1S/C19H17ClN2OS/c1-12-6-8-14-15(11-21)19(24-17(14)10-12)22-18(23)9-7-13-4-2-3-5-16(13)20/h2-5,7,9,12H,6,8,10H2,1H3,(H,22,23). The molecular formula is C19H17ClN2OS. The van der Waals surface area contributed by atoms with Gasteiger partial charge in [-0.1, -0.05) is 36.7 Å². The molecule has 0 spiro atoms. The summed E-state index contributed by atoms with van der Waals surface area (Å²) in [6.07, 6.45) is 6.13. The van der Waals surface area contributed by atoms with E-state index >= 15 is 0 Å². The summed E-state index contributed by atoms with van der Waals surface area (Å²) in [5.74, 6) is 0.379. The van der Waals surface area contributed by atoms with Crippen molar-refractivity contribution in [1.82, 2.24) is 0 Å². The molecule has 1 atom stereocenters. The Bertz CT molecular complexity index is 848. The van der Waals surface area contributed by atoms with Gasteiger partial charge in [-0.15, -0.1) is 11.3 Å². The number of halogens is 1. The fraction of sp³-hybridized carbons (Fsp3) is 0.263. The summed E-state index contributed by atoms with van der Waals surface area (Å²) in [6.45, 7) is 2.22. The molecule has 0 fully saturated rings. The number of thiophene rings is 1. The molecule has 1 amide bonds. The monoisotopic (exact) mass is 356 g/mol. The minimum atomic E-state index is -0.252. The molecule has 1 aliphatic carbocycles. The molecule has 1 aliphatic rings. The summed E-state index contributed by atoms with van der Waals surface area (Å²) in [4.78, 5) is 13.4. The molecule has 0 bridgehead atoms.